The van der Waals surface area contributed by atoms with Crippen LogP contribution in [0.5, 0.6) is 0 Å². The lowest BCUT2D eigenvalue weighted by molar-refractivity contribution is -0.137. The average Bonchev–Trinajstić information content (AvgIpc) is 2.28. The number of aliphatic hydroxyl groups excluding tert-OH is 1. The zero-order valence-corrected chi connectivity index (χ0v) is 11.9. The van der Waals surface area contributed by atoms with Crippen LogP contribution in [0.15, 0.2) is 24.3 Å². The van der Waals surface area contributed by atoms with E-state index < -0.39 is 11.7 Å². The van der Waals surface area contributed by atoms with E-state index >= 15 is 0 Å². The Morgan fingerprint density at radius 1 is 1.16 bits per heavy atom. The van der Waals surface area contributed by atoms with E-state index in [1.807, 2.05) is 20.8 Å². The van der Waals surface area contributed by atoms with Gasteiger partial charge in [0.15, 0.2) is 0 Å². The van der Waals surface area contributed by atoms with E-state index in [0.717, 1.165) is 12.1 Å². The van der Waals surface area contributed by atoms with E-state index in [-0.39, 0.29) is 17.4 Å². The van der Waals surface area contributed by atoms with Gasteiger partial charge in [-0.2, -0.15) is 13.2 Å². The second-order valence-corrected chi connectivity index (χ2v) is 6.85. The molecule has 0 saturated heterocycles. The van der Waals surface area contributed by atoms with Crippen molar-refractivity contribution in [2.75, 3.05) is 6.61 Å². The van der Waals surface area contributed by atoms with Crippen LogP contribution in [-0.2, 0) is 6.18 Å². The summed E-state index contributed by atoms with van der Waals surface area (Å²) in [6.07, 6.45) is -4.33. The van der Waals surface area contributed by atoms with Gasteiger partial charge in [-0.25, -0.2) is 0 Å². The van der Waals surface area contributed by atoms with E-state index in [2.05, 4.69) is 4.72 Å². The molecule has 2 N–H and O–H groups in total. The van der Waals surface area contributed by atoms with Crippen molar-refractivity contribution in [3.05, 3.63) is 35.4 Å². The maximum absolute atomic E-state index is 12.4. The second kappa shape index (κ2) is 6.15. The van der Waals surface area contributed by atoms with Crippen LogP contribution in [0.4, 0.5) is 13.2 Å². The summed E-state index contributed by atoms with van der Waals surface area (Å²) in [5.74, 6) is 0. The third-order valence-corrected chi connectivity index (χ3v) is 3.35. The van der Waals surface area contributed by atoms with Crippen molar-refractivity contribution < 1.29 is 18.3 Å². The van der Waals surface area contributed by atoms with E-state index in [1.54, 1.807) is 0 Å². The predicted octanol–water partition coefficient (Wildman–Crippen LogP) is 3.78. The van der Waals surface area contributed by atoms with E-state index in [9.17, 15) is 18.3 Å². The van der Waals surface area contributed by atoms with Gasteiger partial charge in [0.2, 0.25) is 0 Å². The first-order valence-corrected chi connectivity index (χ1v) is 6.66. The van der Waals surface area contributed by atoms with Gasteiger partial charge in [0, 0.05) is 4.75 Å². The van der Waals surface area contributed by atoms with Gasteiger partial charge in [-0.3, -0.25) is 4.72 Å². The molecule has 0 spiro atoms. The molecule has 0 aliphatic carbocycles. The van der Waals surface area contributed by atoms with Gasteiger partial charge in [0.1, 0.15) is 0 Å². The molecular weight excluding hydrogens is 275 g/mol. The third kappa shape index (κ3) is 5.42. The molecule has 0 saturated carbocycles. The fourth-order valence-electron chi connectivity index (χ4n) is 1.36. The highest BCUT2D eigenvalue weighted by Crippen LogP contribution is 2.30. The van der Waals surface area contributed by atoms with E-state index in [1.165, 1.54) is 24.1 Å². The first-order chi connectivity index (χ1) is 8.63. The first-order valence-electron chi connectivity index (χ1n) is 5.85. The Morgan fingerprint density at radius 3 is 2.05 bits per heavy atom. The number of benzene rings is 1. The molecule has 0 radical (unpaired) electrons. The number of aliphatic hydroxyl groups is 1. The minimum atomic E-state index is -4.33. The fraction of sp³-hybridized carbons (Fsp3) is 0.538. The maximum atomic E-state index is 12.4. The minimum absolute atomic E-state index is 0.0423. The summed E-state index contributed by atoms with van der Waals surface area (Å²) >= 11 is 1.44. The molecule has 0 aromatic heterocycles. The monoisotopic (exact) mass is 293 g/mol. The highest BCUT2D eigenvalue weighted by atomic mass is 32.2. The molecular formula is C13H18F3NOS. The third-order valence-electron chi connectivity index (χ3n) is 2.33. The summed E-state index contributed by atoms with van der Waals surface area (Å²) in [5.41, 5.74) is -0.0522. The van der Waals surface area contributed by atoms with Crippen molar-refractivity contribution >= 4 is 11.9 Å². The largest absolute Gasteiger partial charge is 0.416 e. The van der Waals surface area contributed by atoms with E-state index in [4.69, 9.17) is 0 Å². The Hall–Kier alpha value is -0.720. The van der Waals surface area contributed by atoms with Gasteiger partial charge in [-0.05, 0) is 38.5 Å². The lowest BCUT2D eigenvalue weighted by Crippen LogP contribution is -2.24. The van der Waals surface area contributed by atoms with Crippen molar-refractivity contribution in [1.82, 2.24) is 4.72 Å². The topological polar surface area (TPSA) is 32.3 Å². The van der Waals surface area contributed by atoms with Gasteiger partial charge in [-0.1, -0.05) is 24.1 Å². The number of hydrogen-bond donors (Lipinski definition) is 2. The molecule has 1 atom stereocenters. The van der Waals surface area contributed by atoms with E-state index in [0.29, 0.717) is 5.56 Å². The van der Waals surface area contributed by atoms with Crippen LogP contribution < -0.4 is 4.72 Å². The zero-order chi connectivity index (χ0) is 14.7. The van der Waals surface area contributed by atoms with Crippen molar-refractivity contribution in [1.29, 1.82) is 0 Å². The highest BCUT2D eigenvalue weighted by Gasteiger charge is 2.30. The standard InChI is InChI=1S/C13H18F3NOS/c1-12(2,3)19-17-11(8-18)9-4-6-10(7-5-9)13(14,15)16/h4-7,11,17-18H,8H2,1-3H3. The molecule has 0 heterocycles. The van der Waals surface area contributed by atoms with Gasteiger partial charge in [-0.15, -0.1) is 0 Å². The van der Waals surface area contributed by atoms with Crippen molar-refractivity contribution in [2.24, 2.45) is 0 Å². The average molecular weight is 293 g/mol. The van der Waals surface area contributed by atoms with Crippen LogP contribution in [0.1, 0.15) is 37.9 Å². The Labute approximate surface area is 115 Å². The number of rotatable bonds is 4. The Morgan fingerprint density at radius 2 is 1.68 bits per heavy atom. The molecule has 0 bridgehead atoms. The maximum Gasteiger partial charge on any atom is 0.416 e. The lowest BCUT2D eigenvalue weighted by Gasteiger charge is -2.23. The molecule has 19 heavy (non-hydrogen) atoms. The van der Waals surface area contributed by atoms with Crippen LogP contribution in [-0.4, -0.2) is 16.5 Å². The molecule has 1 aromatic rings. The molecule has 0 aliphatic heterocycles. The minimum Gasteiger partial charge on any atom is -0.394 e. The molecule has 0 amide bonds. The molecule has 1 rings (SSSR count). The summed E-state index contributed by atoms with van der Waals surface area (Å²) in [7, 11) is 0. The number of alkyl halides is 3. The molecule has 0 aliphatic rings. The molecule has 0 fully saturated rings. The van der Waals surface area contributed by atoms with Crippen molar-refractivity contribution in [2.45, 2.75) is 37.7 Å². The summed E-state index contributed by atoms with van der Waals surface area (Å²) in [5, 5.41) is 9.31. The lowest BCUT2D eigenvalue weighted by atomic mass is 10.1. The molecule has 1 unspecified atom stereocenters. The Bertz CT molecular complexity index is 398. The summed E-state index contributed by atoms with van der Waals surface area (Å²) in [6, 6.07) is 4.45. The van der Waals surface area contributed by atoms with Gasteiger partial charge < -0.3 is 5.11 Å². The molecule has 6 heteroatoms. The Balaban J connectivity index is 2.77. The number of nitrogens with one attached hydrogen (secondary N) is 1. The zero-order valence-electron chi connectivity index (χ0n) is 11.1. The fourth-order valence-corrected chi connectivity index (χ4v) is 2.07. The smallest absolute Gasteiger partial charge is 0.394 e. The summed E-state index contributed by atoms with van der Waals surface area (Å²) < 4.78 is 40.3. The Kier molecular flexibility index (Phi) is 5.29. The SMILES string of the molecule is CC(C)(C)SNC(CO)c1ccc(C(F)(F)F)cc1. The van der Waals surface area contributed by atoms with Crippen LogP contribution >= 0.6 is 11.9 Å². The summed E-state index contributed by atoms with van der Waals surface area (Å²) in [6.45, 7) is 5.85. The van der Waals surface area contributed by atoms with Crippen molar-refractivity contribution in [3.63, 3.8) is 0 Å². The van der Waals surface area contributed by atoms with Crippen LogP contribution in [0.2, 0.25) is 0 Å². The molecule has 108 valence electrons. The highest BCUT2D eigenvalue weighted by molar-refractivity contribution is 7.98. The van der Waals surface area contributed by atoms with Crippen LogP contribution in [0.25, 0.3) is 0 Å². The van der Waals surface area contributed by atoms with Gasteiger partial charge >= 0.3 is 6.18 Å². The van der Waals surface area contributed by atoms with Crippen LogP contribution in [0, 0.1) is 0 Å². The summed E-state index contributed by atoms with van der Waals surface area (Å²) in [4.78, 5) is 0. The second-order valence-electron chi connectivity index (χ2n) is 5.19. The van der Waals surface area contributed by atoms with Gasteiger partial charge in [0.05, 0.1) is 18.2 Å². The molecule has 2 nitrogen and oxygen atoms in total. The quantitative estimate of drug-likeness (QED) is 0.829. The van der Waals surface area contributed by atoms with Gasteiger partial charge in [0.25, 0.3) is 0 Å². The predicted molar refractivity (Wildman–Crippen MR) is 71.8 cm³/mol. The number of hydrogen-bond acceptors (Lipinski definition) is 3. The normalized spacial score (nSPS) is 14.5. The first kappa shape index (κ1) is 16.3. The van der Waals surface area contributed by atoms with Crippen LogP contribution in [0.3, 0.4) is 0 Å². The van der Waals surface area contributed by atoms with Crippen molar-refractivity contribution in [3.8, 4) is 0 Å². The molecule has 1 aromatic carbocycles. The number of halogens is 3.